The largest absolute Gasteiger partial charge is 0.355 e. The lowest BCUT2D eigenvalue weighted by atomic mass is 10.1. The molecule has 0 saturated carbocycles. The van der Waals surface area contributed by atoms with Gasteiger partial charge in [-0.2, -0.15) is 0 Å². The Morgan fingerprint density at radius 2 is 1.54 bits per heavy atom. The first-order valence-electron chi connectivity index (χ1n) is 7.95. The average Bonchev–Trinajstić information content (AvgIpc) is 2.60. The molecule has 0 saturated heterocycles. The second kappa shape index (κ2) is 9.88. The second-order valence-corrected chi connectivity index (χ2v) is 6.43. The lowest BCUT2D eigenvalue weighted by molar-refractivity contribution is -0.125. The first-order chi connectivity index (χ1) is 11.6. The summed E-state index contributed by atoms with van der Waals surface area (Å²) in [5, 5.41) is 5.46. The molecule has 2 aromatic carbocycles. The molecule has 24 heavy (non-hydrogen) atoms. The van der Waals surface area contributed by atoms with E-state index in [-0.39, 0.29) is 24.8 Å². The minimum absolute atomic E-state index is 0.0146. The van der Waals surface area contributed by atoms with Crippen molar-refractivity contribution in [2.24, 2.45) is 0 Å². The number of nitrogens with one attached hydrogen (secondary N) is 2. The predicted molar refractivity (Wildman–Crippen MR) is 98.6 cm³/mol. The van der Waals surface area contributed by atoms with Gasteiger partial charge in [0, 0.05) is 11.0 Å². The lowest BCUT2D eigenvalue weighted by Crippen LogP contribution is -2.38. The van der Waals surface area contributed by atoms with Crippen LogP contribution in [0.5, 0.6) is 0 Å². The van der Waals surface area contributed by atoms with Crippen LogP contribution in [0.2, 0.25) is 0 Å². The summed E-state index contributed by atoms with van der Waals surface area (Å²) in [7, 11) is 0. The Morgan fingerprint density at radius 1 is 0.833 bits per heavy atom. The maximum Gasteiger partial charge on any atom is 0.239 e. The summed E-state index contributed by atoms with van der Waals surface area (Å²) in [5.41, 5.74) is 2.17. The molecule has 2 N–H and O–H groups in total. The summed E-state index contributed by atoms with van der Waals surface area (Å²) in [6.07, 6.45) is 2.08. The Morgan fingerprint density at radius 3 is 2.25 bits per heavy atom. The van der Waals surface area contributed by atoms with E-state index in [0.717, 1.165) is 22.9 Å². The maximum absolute atomic E-state index is 11.8. The van der Waals surface area contributed by atoms with Crippen molar-refractivity contribution in [1.29, 1.82) is 0 Å². The fourth-order valence-corrected chi connectivity index (χ4v) is 2.52. The molecule has 0 aliphatic rings. The smallest absolute Gasteiger partial charge is 0.239 e. The van der Waals surface area contributed by atoms with Crippen LogP contribution in [0.15, 0.2) is 59.1 Å². The molecule has 0 aliphatic carbocycles. The summed E-state index contributed by atoms with van der Waals surface area (Å²) in [6.45, 7) is 0.622. The van der Waals surface area contributed by atoms with Crippen LogP contribution in [0.25, 0.3) is 0 Å². The molecule has 0 unspecified atom stereocenters. The van der Waals surface area contributed by atoms with Crippen molar-refractivity contribution in [2.75, 3.05) is 13.1 Å². The van der Waals surface area contributed by atoms with Crippen LogP contribution in [0.3, 0.4) is 0 Å². The summed E-state index contributed by atoms with van der Waals surface area (Å²) >= 11 is 3.35. The molecule has 2 amide bonds. The summed E-state index contributed by atoms with van der Waals surface area (Å²) in [6, 6.07) is 17.7. The number of halogens is 1. The zero-order valence-electron chi connectivity index (χ0n) is 13.4. The number of hydrogen-bond donors (Lipinski definition) is 2. The van der Waals surface area contributed by atoms with E-state index in [9.17, 15) is 9.59 Å². The fraction of sp³-hybridized carbons (Fsp3) is 0.263. The van der Waals surface area contributed by atoms with Gasteiger partial charge in [-0.1, -0.05) is 58.4 Å². The minimum Gasteiger partial charge on any atom is -0.355 e. The van der Waals surface area contributed by atoms with E-state index in [4.69, 9.17) is 0 Å². The van der Waals surface area contributed by atoms with E-state index in [0.29, 0.717) is 6.54 Å². The van der Waals surface area contributed by atoms with Crippen LogP contribution in [0.4, 0.5) is 0 Å². The van der Waals surface area contributed by atoms with Crippen LogP contribution in [0, 0.1) is 0 Å². The molecular weight excluding hydrogens is 368 g/mol. The highest BCUT2D eigenvalue weighted by Gasteiger charge is 2.06. The van der Waals surface area contributed by atoms with Gasteiger partial charge in [-0.05, 0) is 36.1 Å². The van der Waals surface area contributed by atoms with Gasteiger partial charge in [0.1, 0.15) is 0 Å². The van der Waals surface area contributed by atoms with Gasteiger partial charge < -0.3 is 10.6 Å². The van der Waals surface area contributed by atoms with E-state index in [2.05, 4.69) is 38.7 Å². The quantitative estimate of drug-likeness (QED) is 0.683. The van der Waals surface area contributed by atoms with E-state index < -0.39 is 0 Å². The average molecular weight is 389 g/mol. The van der Waals surface area contributed by atoms with Gasteiger partial charge in [-0.25, -0.2) is 0 Å². The number of carbonyl (C=O) groups is 2. The maximum atomic E-state index is 11.8. The van der Waals surface area contributed by atoms with Gasteiger partial charge in [0.15, 0.2) is 0 Å². The number of benzene rings is 2. The molecule has 0 spiro atoms. The molecule has 0 atom stereocenters. The standard InChI is InChI=1S/C19H21BrN2O2/c20-17-10-8-16(9-11-17)13-18(23)22-14-19(24)21-12-4-7-15-5-2-1-3-6-15/h1-3,5-6,8-11H,4,7,12-14H2,(H,21,24)(H,22,23). The van der Waals surface area contributed by atoms with Gasteiger partial charge in [-0.3, -0.25) is 9.59 Å². The van der Waals surface area contributed by atoms with Gasteiger partial charge >= 0.3 is 0 Å². The Labute approximate surface area is 150 Å². The zero-order valence-corrected chi connectivity index (χ0v) is 15.0. The second-order valence-electron chi connectivity index (χ2n) is 5.52. The first kappa shape index (κ1) is 18.2. The first-order valence-corrected chi connectivity index (χ1v) is 8.74. The number of carbonyl (C=O) groups excluding carboxylic acids is 2. The molecule has 0 radical (unpaired) electrons. The van der Waals surface area contributed by atoms with E-state index in [1.165, 1.54) is 5.56 Å². The molecule has 2 aromatic rings. The van der Waals surface area contributed by atoms with Gasteiger partial charge in [-0.15, -0.1) is 0 Å². The number of aryl methyl sites for hydroxylation is 1. The summed E-state index contributed by atoms with van der Waals surface area (Å²) < 4.78 is 0.974. The zero-order chi connectivity index (χ0) is 17.2. The predicted octanol–water partition coefficient (Wildman–Crippen LogP) is 2.86. The highest BCUT2D eigenvalue weighted by atomic mass is 79.9. The lowest BCUT2D eigenvalue weighted by Gasteiger charge is -2.07. The Bertz CT molecular complexity index is 657. The van der Waals surface area contributed by atoms with Crippen molar-refractivity contribution in [3.8, 4) is 0 Å². The molecule has 5 heteroatoms. The SMILES string of the molecule is O=C(CNC(=O)Cc1ccc(Br)cc1)NCCCc1ccccc1. The number of rotatable bonds is 8. The van der Waals surface area contributed by atoms with Gasteiger partial charge in [0.25, 0.3) is 0 Å². The third kappa shape index (κ3) is 6.96. The van der Waals surface area contributed by atoms with Crippen molar-refractivity contribution < 1.29 is 9.59 Å². The molecule has 0 heterocycles. The third-order valence-electron chi connectivity index (χ3n) is 3.53. The Kier molecular flexibility index (Phi) is 7.49. The van der Waals surface area contributed by atoms with Crippen molar-refractivity contribution in [2.45, 2.75) is 19.3 Å². The Balaban J connectivity index is 1.58. The summed E-state index contributed by atoms with van der Waals surface area (Å²) in [5.74, 6) is -0.316. The molecule has 4 nitrogen and oxygen atoms in total. The van der Waals surface area contributed by atoms with E-state index in [1.54, 1.807) is 0 Å². The topological polar surface area (TPSA) is 58.2 Å². The molecule has 0 bridgehead atoms. The molecule has 126 valence electrons. The van der Waals surface area contributed by atoms with Crippen molar-refractivity contribution in [3.05, 3.63) is 70.2 Å². The monoisotopic (exact) mass is 388 g/mol. The van der Waals surface area contributed by atoms with Crippen molar-refractivity contribution >= 4 is 27.7 Å². The third-order valence-corrected chi connectivity index (χ3v) is 4.06. The molecule has 0 fully saturated rings. The van der Waals surface area contributed by atoms with Crippen molar-refractivity contribution in [3.63, 3.8) is 0 Å². The van der Waals surface area contributed by atoms with Crippen LogP contribution in [0.1, 0.15) is 17.5 Å². The molecule has 0 aromatic heterocycles. The van der Waals surface area contributed by atoms with Crippen LogP contribution < -0.4 is 10.6 Å². The molecular formula is C19H21BrN2O2. The van der Waals surface area contributed by atoms with Gasteiger partial charge in [0.05, 0.1) is 13.0 Å². The van der Waals surface area contributed by atoms with E-state index >= 15 is 0 Å². The Hall–Kier alpha value is -2.14. The normalized spacial score (nSPS) is 10.2. The fourth-order valence-electron chi connectivity index (χ4n) is 2.26. The highest BCUT2D eigenvalue weighted by Crippen LogP contribution is 2.10. The van der Waals surface area contributed by atoms with E-state index in [1.807, 2.05) is 42.5 Å². The molecule has 0 aliphatic heterocycles. The van der Waals surface area contributed by atoms with Crippen LogP contribution in [-0.4, -0.2) is 24.9 Å². The van der Waals surface area contributed by atoms with Gasteiger partial charge in [0.2, 0.25) is 11.8 Å². The summed E-state index contributed by atoms with van der Waals surface area (Å²) in [4.78, 5) is 23.5. The van der Waals surface area contributed by atoms with Crippen LogP contribution >= 0.6 is 15.9 Å². The number of amides is 2. The minimum atomic E-state index is -0.160. The number of hydrogen-bond acceptors (Lipinski definition) is 2. The molecule has 2 rings (SSSR count). The highest BCUT2D eigenvalue weighted by molar-refractivity contribution is 9.10. The van der Waals surface area contributed by atoms with Crippen molar-refractivity contribution in [1.82, 2.24) is 10.6 Å². The van der Waals surface area contributed by atoms with Crippen LogP contribution in [-0.2, 0) is 22.4 Å².